The van der Waals surface area contributed by atoms with Crippen LogP contribution in [0, 0.1) is 0 Å². The van der Waals surface area contributed by atoms with Gasteiger partial charge in [0.1, 0.15) is 6.10 Å². The Hall–Kier alpha value is -0.610. The topological polar surface area (TPSA) is 50.4 Å². The molecule has 0 spiro atoms. The molecule has 1 amide bonds. The third kappa shape index (κ3) is 2.42. The summed E-state index contributed by atoms with van der Waals surface area (Å²) in [4.78, 5) is 11.4. The van der Waals surface area contributed by atoms with Crippen molar-refractivity contribution in [3.63, 3.8) is 0 Å². The van der Waals surface area contributed by atoms with Gasteiger partial charge in [0.15, 0.2) is 0 Å². The van der Waals surface area contributed by atoms with Gasteiger partial charge in [-0.1, -0.05) is 0 Å². The number of hydrogen-bond acceptors (Lipinski definition) is 3. The van der Waals surface area contributed by atoms with Gasteiger partial charge < -0.3 is 15.4 Å². The van der Waals surface area contributed by atoms with Gasteiger partial charge in [-0.2, -0.15) is 0 Å². The zero-order chi connectivity index (χ0) is 9.26. The van der Waals surface area contributed by atoms with Crippen molar-refractivity contribution >= 4 is 5.91 Å². The maximum absolute atomic E-state index is 11.4. The minimum atomic E-state index is -0.298. The van der Waals surface area contributed by atoms with Crippen LogP contribution in [0.3, 0.4) is 0 Å². The molecule has 0 bridgehead atoms. The molecule has 74 valence electrons. The second-order valence-corrected chi connectivity index (χ2v) is 3.84. The summed E-state index contributed by atoms with van der Waals surface area (Å²) in [5.41, 5.74) is 0. The quantitative estimate of drug-likeness (QED) is 0.627. The van der Waals surface area contributed by atoms with E-state index in [9.17, 15) is 4.79 Å². The SMILES string of the molecule is CC(OC1CNC1)C(=O)NC1CC1. The maximum Gasteiger partial charge on any atom is 0.249 e. The number of nitrogens with one attached hydrogen (secondary N) is 2. The molecule has 1 saturated heterocycles. The molecule has 1 unspecified atom stereocenters. The van der Waals surface area contributed by atoms with Crippen LogP contribution in [-0.2, 0) is 9.53 Å². The van der Waals surface area contributed by atoms with E-state index in [1.54, 1.807) is 0 Å². The Bertz CT molecular complexity index is 200. The molecule has 1 aliphatic heterocycles. The molecule has 0 aromatic heterocycles. The Morgan fingerprint density at radius 2 is 2.23 bits per heavy atom. The monoisotopic (exact) mass is 184 g/mol. The van der Waals surface area contributed by atoms with Gasteiger partial charge in [-0.25, -0.2) is 0 Å². The zero-order valence-electron chi connectivity index (χ0n) is 7.88. The third-order valence-electron chi connectivity index (χ3n) is 2.43. The molecular weight excluding hydrogens is 168 g/mol. The molecule has 1 aliphatic carbocycles. The Labute approximate surface area is 78.0 Å². The fourth-order valence-corrected chi connectivity index (χ4v) is 1.26. The summed E-state index contributed by atoms with van der Waals surface area (Å²) in [6.45, 7) is 3.57. The van der Waals surface area contributed by atoms with Crippen molar-refractivity contribution in [3.8, 4) is 0 Å². The lowest BCUT2D eigenvalue weighted by atomic mass is 10.2. The molecule has 1 heterocycles. The van der Waals surface area contributed by atoms with E-state index in [1.807, 2.05) is 6.92 Å². The van der Waals surface area contributed by atoms with E-state index >= 15 is 0 Å². The van der Waals surface area contributed by atoms with E-state index in [2.05, 4.69) is 10.6 Å². The third-order valence-corrected chi connectivity index (χ3v) is 2.43. The average molecular weight is 184 g/mol. The van der Waals surface area contributed by atoms with Crippen LogP contribution < -0.4 is 10.6 Å². The van der Waals surface area contributed by atoms with E-state index in [0.717, 1.165) is 25.9 Å². The first-order chi connectivity index (χ1) is 6.25. The van der Waals surface area contributed by atoms with Gasteiger partial charge in [0.25, 0.3) is 0 Å². The first-order valence-electron chi connectivity index (χ1n) is 4.92. The zero-order valence-corrected chi connectivity index (χ0v) is 7.88. The highest BCUT2D eigenvalue weighted by Gasteiger charge is 2.28. The van der Waals surface area contributed by atoms with E-state index in [-0.39, 0.29) is 18.1 Å². The molecule has 2 fully saturated rings. The maximum atomic E-state index is 11.4. The minimum Gasteiger partial charge on any atom is -0.363 e. The highest BCUT2D eigenvalue weighted by atomic mass is 16.5. The van der Waals surface area contributed by atoms with Gasteiger partial charge in [-0.05, 0) is 19.8 Å². The van der Waals surface area contributed by atoms with Crippen LogP contribution >= 0.6 is 0 Å². The molecule has 0 radical (unpaired) electrons. The predicted molar refractivity (Wildman–Crippen MR) is 48.4 cm³/mol. The van der Waals surface area contributed by atoms with Crippen LogP contribution in [0.5, 0.6) is 0 Å². The van der Waals surface area contributed by atoms with Crippen molar-refractivity contribution in [1.82, 2.24) is 10.6 Å². The van der Waals surface area contributed by atoms with E-state index in [0.29, 0.717) is 6.04 Å². The second kappa shape index (κ2) is 3.64. The van der Waals surface area contributed by atoms with E-state index in [4.69, 9.17) is 4.74 Å². The van der Waals surface area contributed by atoms with E-state index in [1.165, 1.54) is 0 Å². The highest BCUT2D eigenvalue weighted by Crippen LogP contribution is 2.19. The lowest BCUT2D eigenvalue weighted by molar-refractivity contribution is -0.137. The summed E-state index contributed by atoms with van der Waals surface area (Å²) in [6.07, 6.45) is 2.19. The standard InChI is InChI=1S/C9H16N2O2/c1-6(13-8-4-10-5-8)9(12)11-7-2-3-7/h6-8,10H,2-5H2,1H3,(H,11,12). The summed E-state index contributed by atoms with van der Waals surface area (Å²) in [6, 6.07) is 0.429. The molecule has 2 aliphatic rings. The summed E-state index contributed by atoms with van der Waals surface area (Å²) in [5, 5.41) is 6.02. The molecule has 4 nitrogen and oxygen atoms in total. The largest absolute Gasteiger partial charge is 0.363 e. The predicted octanol–water partition coefficient (Wildman–Crippen LogP) is -0.358. The fraction of sp³-hybridized carbons (Fsp3) is 0.889. The van der Waals surface area contributed by atoms with Crippen molar-refractivity contribution < 1.29 is 9.53 Å². The van der Waals surface area contributed by atoms with Gasteiger partial charge in [-0.15, -0.1) is 0 Å². The summed E-state index contributed by atoms with van der Waals surface area (Å²) >= 11 is 0. The summed E-state index contributed by atoms with van der Waals surface area (Å²) < 4.78 is 5.50. The smallest absolute Gasteiger partial charge is 0.249 e. The molecule has 1 saturated carbocycles. The van der Waals surface area contributed by atoms with Crippen LogP contribution in [0.1, 0.15) is 19.8 Å². The number of carbonyl (C=O) groups is 1. The van der Waals surface area contributed by atoms with E-state index < -0.39 is 0 Å². The van der Waals surface area contributed by atoms with Crippen LogP contribution in [-0.4, -0.2) is 37.2 Å². The molecule has 1 atom stereocenters. The Morgan fingerprint density at radius 1 is 1.54 bits per heavy atom. The molecule has 13 heavy (non-hydrogen) atoms. The molecule has 0 aromatic carbocycles. The first-order valence-corrected chi connectivity index (χ1v) is 4.92. The first kappa shape index (κ1) is 8.97. The van der Waals surface area contributed by atoms with Crippen LogP contribution in [0.2, 0.25) is 0 Å². The van der Waals surface area contributed by atoms with Crippen LogP contribution in [0.25, 0.3) is 0 Å². The Kier molecular flexibility index (Phi) is 2.51. The fourth-order valence-electron chi connectivity index (χ4n) is 1.26. The number of amides is 1. The summed E-state index contributed by atoms with van der Waals surface area (Å²) in [7, 11) is 0. The Morgan fingerprint density at radius 3 is 2.69 bits per heavy atom. The highest BCUT2D eigenvalue weighted by molar-refractivity contribution is 5.80. The van der Waals surface area contributed by atoms with Gasteiger partial charge in [0.05, 0.1) is 6.10 Å². The normalized spacial score (nSPS) is 25.0. The molecule has 4 heteroatoms. The van der Waals surface area contributed by atoms with Crippen molar-refractivity contribution in [2.75, 3.05) is 13.1 Å². The van der Waals surface area contributed by atoms with Crippen molar-refractivity contribution in [3.05, 3.63) is 0 Å². The number of hydrogen-bond donors (Lipinski definition) is 2. The summed E-state index contributed by atoms with van der Waals surface area (Å²) in [5.74, 6) is 0.0365. The molecule has 2 N–H and O–H groups in total. The van der Waals surface area contributed by atoms with Crippen LogP contribution in [0.15, 0.2) is 0 Å². The van der Waals surface area contributed by atoms with Gasteiger partial charge in [0, 0.05) is 19.1 Å². The lowest BCUT2D eigenvalue weighted by Crippen LogP contribution is -2.51. The molecule has 0 aromatic rings. The Balaban J connectivity index is 1.67. The van der Waals surface area contributed by atoms with Gasteiger partial charge >= 0.3 is 0 Å². The lowest BCUT2D eigenvalue weighted by Gasteiger charge is -2.29. The molecular formula is C9H16N2O2. The number of rotatable bonds is 4. The average Bonchev–Trinajstić information content (AvgIpc) is 2.79. The number of carbonyl (C=O) groups excluding carboxylic acids is 1. The second-order valence-electron chi connectivity index (χ2n) is 3.84. The van der Waals surface area contributed by atoms with Gasteiger partial charge in [-0.3, -0.25) is 4.79 Å². The van der Waals surface area contributed by atoms with Crippen LogP contribution in [0.4, 0.5) is 0 Å². The minimum absolute atomic E-state index is 0.0365. The van der Waals surface area contributed by atoms with Crippen molar-refractivity contribution in [2.45, 2.75) is 38.0 Å². The van der Waals surface area contributed by atoms with Crippen molar-refractivity contribution in [2.24, 2.45) is 0 Å². The van der Waals surface area contributed by atoms with Gasteiger partial charge in [0.2, 0.25) is 5.91 Å². The van der Waals surface area contributed by atoms with Crippen molar-refractivity contribution in [1.29, 1.82) is 0 Å². The molecule has 2 rings (SSSR count). The number of ether oxygens (including phenoxy) is 1.